The van der Waals surface area contributed by atoms with Gasteiger partial charge in [-0.2, -0.15) is 0 Å². The Morgan fingerprint density at radius 1 is 1.36 bits per heavy atom. The van der Waals surface area contributed by atoms with Gasteiger partial charge < -0.3 is 11.1 Å². The quantitative estimate of drug-likeness (QED) is 0.775. The van der Waals surface area contributed by atoms with Crippen molar-refractivity contribution in [3.8, 4) is 0 Å². The van der Waals surface area contributed by atoms with Crippen molar-refractivity contribution in [2.45, 2.75) is 25.8 Å². The smallest absolute Gasteiger partial charge is 0.123 e. The summed E-state index contributed by atoms with van der Waals surface area (Å²) in [6.45, 7) is 4.68. The van der Waals surface area contributed by atoms with Crippen molar-refractivity contribution in [2.75, 3.05) is 11.9 Å². The van der Waals surface area contributed by atoms with E-state index in [0.717, 1.165) is 12.1 Å². The maximum absolute atomic E-state index is 12.6. The third-order valence-electron chi connectivity index (χ3n) is 2.52. The number of anilines is 1. The van der Waals surface area contributed by atoms with Crippen LogP contribution < -0.4 is 11.1 Å². The summed E-state index contributed by atoms with van der Waals surface area (Å²) in [6.07, 6.45) is 0.931. The molecular formula is C11H17FN2. The summed E-state index contributed by atoms with van der Waals surface area (Å²) in [6, 6.07) is 6.32. The van der Waals surface area contributed by atoms with Gasteiger partial charge in [0.1, 0.15) is 5.82 Å². The summed E-state index contributed by atoms with van der Waals surface area (Å²) < 4.78 is 12.6. The van der Waals surface area contributed by atoms with E-state index in [1.807, 2.05) is 0 Å². The average Bonchev–Trinajstić information content (AvgIpc) is 2.21. The summed E-state index contributed by atoms with van der Waals surface area (Å²) in [5, 5.41) is 3.29. The number of benzene rings is 1. The zero-order valence-electron chi connectivity index (χ0n) is 8.68. The van der Waals surface area contributed by atoms with Gasteiger partial charge in [-0.15, -0.1) is 0 Å². The van der Waals surface area contributed by atoms with Crippen LogP contribution in [0.5, 0.6) is 0 Å². The van der Waals surface area contributed by atoms with E-state index >= 15 is 0 Å². The molecule has 0 fully saturated rings. The zero-order valence-corrected chi connectivity index (χ0v) is 8.68. The van der Waals surface area contributed by atoms with Crippen molar-refractivity contribution in [1.29, 1.82) is 0 Å². The van der Waals surface area contributed by atoms with Crippen molar-refractivity contribution in [3.05, 3.63) is 30.1 Å². The fourth-order valence-corrected chi connectivity index (χ4v) is 1.17. The lowest BCUT2D eigenvalue weighted by Gasteiger charge is -2.29. The summed E-state index contributed by atoms with van der Waals surface area (Å²) in [5.41, 5.74) is 6.45. The van der Waals surface area contributed by atoms with E-state index in [1.165, 1.54) is 12.1 Å². The molecule has 0 aliphatic carbocycles. The van der Waals surface area contributed by atoms with Crippen molar-refractivity contribution in [1.82, 2.24) is 0 Å². The van der Waals surface area contributed by atoms with Crippen LogP contribution in [0.1, 0.15) is 20.3 Å². The Morgan fingerprint density at radius 2 is 1.93 bits per heavy atom. The van der Waals surface area contributed by atoms with Gasteiger partial charge in [0.05, 0.1) is 0 Å². The van der Waals surface area contributed by atoms with Gasteiger partial charge in [0, 0.05) is 17.8 Å². The molecule has 0 saturated carbocycles. The number of halogens is 1. The standard InChI is InChI=1S/C11H17FN2/c1-3-11(2,8-13)14-10-6-4-9(12)5-7-10/h4-7,14H,3,8,13H2,1-2H3. The summed E-state index contributed by atoms with van der Waals surface area (Å²) >= 11 is 0. The molecule has 2 nitrogen and oxygen atoms in total. The summed E-state index contributed by atoms with van der Waals surface area (Å²) in [4.78, 5) is 0. The molecule has 1 aromatic rings. The van der Waals surface area contributed by atoms with Crippen molar-refractivity contribution < 1.29 is 4.39 Å². The molecule has 1 unspecified atom stereocenters. The third-order valence-corrected chi connectivity index (χ3v) is 2.52. The van der Waals surface area contributed by atoms with E-state index in [2.05, 4.69) is 19.2 Å². The van der Waals surface area contributed by atoms with Crippen LogP contribution >= 0.6 is 0 Å². The second-order valence-electron chi connectivity index (χ2n) is 3.75. The molecule has 0 radical (unpaired) electrons. The molecule has 1 atom stereocenters. The first-order chi connectivity index (χ1) is 6.59. The van der Waals surface area contributed by atoms with Gasteiger partial charge in [-0.1, -0.05) is 6.92 Å². The van der Waals surface area contributed by atoms with Crippen LogP contribution in [0, 0.1) is 5.82 Å². The van der Waals surface area contributed by atoms with E-state index < -0.39 is 0 Å². The molecule has 3 N–H and O–H groups in total. The van der Waals surface area contributed by atoms with Crippen LogP contribution in [-0.4, -0.2) is 12.1 Å². The minimum atomic E-state index is -0.221. The maximum Gasteiger partial charge on any atom is 0.123 e. The van der Waals surface area contributed by atoms with Gasteiger partial charge in [0.2, 0.25) is 0 Å². The lowest BCUT2D eigenvalue weighted by molar-refractivity contribution is 0.506. The zero-order chi connectivity index (χ0) is 10.6. The van der Waals surface area contributed by atoms with E-state index in [-0.39, 0.29) is 11.4 Å². The van der Waals surface area contributed by atoms with Crippen LogP contribution in [0.4, 0.5) is 10.1 Å². The number of nitrogens with one attached hydrogen (secondary N) is 1. The molecule has 0 amide bonds. The molecule has 0 heterocycles. The number of hydrogen-bond donors (Lipinski definition) is 2. The minimum absolute atomic E-state index is 0.113. The van der Waals surface area contributed by atoms with Crippen molar-refractivity contribution in [3.63, 3.8) is 0 Å². The summed E-state index contributed by atoms with van der Waals surface area (Å²) in [7, 11) is 0. The Morgan fingerprint density at radius 3 is 2.36 bits per heavy atom. The van der Waals surface area contributed by atoms with Crippen LogP contribution in [0.25, 0.3) is 0 Å². The van der Waals surface area contributed by atoms with Gasteiger partial charge in [-0.25, -0.2) is 4.39 Å². The molecule has 78 valence electrons. The van der Waals surface area contributed by atoms with Gasteiger partial charge >= 0.3 is 0 Å². The number of nitrogens with two attached hydrogens (primary N) is 1. The topological polar surface area (TPSA) is 38.0 Å². The van der Waals surface area contributed by atoms with Gasteiger partial charge in [0.25, 0.3) is 0 Å². The van der Waals surface area contributed by atoms with Gasteiger partial charge in [-0.3, -0.25) is 0 Å². The van der Waals surface area contributed by atoms with Crippen LogP contribution in [0.3, 0.4) is 0 Å². The first-order valence-corrected chi connectivity index (χ1v) is 4.83. The molecule has 1 rings (SSSR count). The van der Waals surface area contributed by atoms with E-state index in [1.54, 1.807) is 12.1 Å². The number of rotatable bonds is 4. The second kappa shape index (κ2) is 4.42. The van der Waals surface area contributed by atoms with Crippen molar-refractivity contribution in [2.24, 2.45) is 5.73 Å². The molecule has 0 aliphatic heterocycles. The highest BCUT2D eigenvalue weighted by molar-refractivity contribution is 5.45. The normalized spacial score (nSPS) is 14.9. The highest BCUT2D eigenvalue weighted by atomic mass is 19.1. The van der Waals surface area contributed by atoms with Crippen LogP contribution in [0.15, 0.2) is 24.3 Å². The van der Waals surface area contributed by atoms with Crippen LogP contribution in [0.2, 0.25) is 0 Å². The Hall–Kier alpha value is -1.09. The second-order valence-corrected chi connectivity index (χ2v) is 3.75. The monoisotopic (exact) mass is 196 g/mol. The summed E-state index contributed by atoms with van der Waals surface area (Å²) in [5.74, 6) is -0.221. The SMILES string of the molecule is CCC(C)(CN)Nc1ccc(F)cc1. The Balaban J connectivity index is 2.72. The molecule has 1 aromatic carbocycles. The number of hydrogen-bond acceptors (Lipinski definition) is 2. The molecule has 3 heteroatoms. The van der Waals surface area contributed by atoms with E-state index in [0.29, 0.717) is 6.54 Å². The fourth-order valence-electron chi connectivity index (χ4n) is 1.17. The highest BCUT2D eigenvalue weighted by Gasteiger charge is 2.18. The molecule has 0 spiro atoms. The van der Waals surface area contributed by atoms with Crippen molar-refractivity contribution >= 4 is 5.69 Å². The highest BCUT2D eigenvalue weighted by Crippen LogP contribution is 2.17. The Bertz CT molecular complexity index is 278. The lowest BCUT2D eigenvalue weighted by Crippen LogP contribution is -2.41. The molecule has 14 heavy (non-hydrogen) atoms. The van der Waals surface area contributed by atoms with E-state index in [4.69, 9.17) is 5.73 Å². The predicted octanol–water partition coefficient (Wildman–Crippen LogP) is 2.37. The lowest BCUT2D eigenvalue weighted by atomic mass is 9.99. The van der Waals surface area contributed by atoms with Gasteiger partial charge in [-0.05, 0) is 37.6 Å². The fraction of sp³-hybridized carbons (Fsp3) is 0.455. The molecule has 0 aromatic heterocycles. The van der Waals surface area contributed by atoms with Crippen LogP contribution in [-0.2, 0) is 0 Å². The Kier molecular flexibility index (Phi) is 3.47. The largest absolute Gasteiger partial charge is 0.379 e. The first kappa shape index (κ1) is 11.0. The first-order valence-electron chi connectivity index (χ1n) is 4.83. The molecule has 0 bridgehead atoms. The molecular weight excluding hydrogens is 179 g/mol. The minimum Gasteiger partial charge on any atom is -0.379 e. The maximum atomic E-state index is 12.6. The predicted molar refractivity (Wildman–Crippen MR) is 57.8 cm³/mol. The van der Waals surface area contributed by atoms with Gasteiger partial charge in [0.15, 0.2) is 0 Å². The molecule has 0 saturated heterocycles. The molecule has 0 aliphatic rings. The van der Waals surface area contributed by atoms with E-state index in [9.17, 15) is 4.39 Å². The average molecular weight is 196 g/mol. The Labute approximate surface area is 84.3 Å². The third kappa shape index (κ3) is 2.70.